The van der Waals surface area contributed by atoms with E-state index in [4.69, 9.17) is 25.7 Å². The molecule has 0 spiro atoms. The molecule has 46 heavy (non-hydrogen) atoms. The van der Waals surface area contributed by atoms with Crippen molar-refractivity contribution < 1.29 is 33.4 Å². The number of anilines is 1. The van der Waals surface area contributed by atoms with E-state index in [0.29, 0.717) is 29.5 Å². The molecule has 0 bridgehead atoms. The van der Waals surface area contributed by atoms with Crippen LogP contribution in [0.15, 0.2) is 91.0 Å². The summed E-state index contributed by atoms with van der Waals surface area (Å²) >= 11 is 0. The molecule has 0 aromatic heterocycles. The van der Waals surface area contributed by atoms with Crippen molar-refractivity contribution in [1.82, 2.24) is 0 Å². The molecule has 0 aliphatic carbocycles. The van der Waals surface area contributed by atoms with Gasteiger partial charge in [-0.05, 0) is 72.2 Å². The molecule has 1 aliphatic heterocycles. The Kier molecular flexibility index (Phi) is 10.4. The molecule has 1 atom stereocenters. The van der Waals surface area contributed by atoms with Crippen molar-refractivity contribution in [3.05, 3.63) is 130 Å². The molecule has 9 nitrogen and oxygen atoms in total. The van der Waals surface area contributed by atoms with E-state index in [1.54, 1.807) is 24.3 Å². The summed E-state index contributed by atoms with van der Waals surface area (Å²) in [7, 11) is 0. The van der Waals surface area contributed by atoms with E-state index < -0.39 is 29.7 Å². The molecule has 4 aromatic carbocycles. The number of rotatable bonds is 9. The predicted octanol–water partition coefficient (Wildman–Crippen LogP) is 5.82. The van der Waals surface area contributed by atoms with Gasteiger partial charge in [0.1, 0.15) is 19.0 Å². The van der Waals surface area contributed by atoms with Crippen LogP contribution in [0.2, 0.25) is 0 Å². The molecule has 9 heteroatoms. The van der Waals surface area contributed by atoms with E-state index in [2.05, 4.69) is 0 Å². The van der Waals surface area contributed by atoms with E-state index in [0.717, 1.165) is 30.4 Å². The lowest BCUT2D eigenvalue weighted by molar-refractivity contribution is -0.153. The highest BCUT2D eigenvalue weighted by Gasteiger charge is 2.31. The van der Waals surface area contributed by atoms with Gasteiger partial charge in [-0.1, -0.05) is 73.2 Å². The van der Waals surface area contributed by atoms with Gasteiger partial charge in [-0.25, -0.2) is 4.79 Å². The molecule has 0 unspecified atom stereocenters. The number of benzene rings is 4. The zero-order valence-electron chi connectivity index (χ0n) is 25.4. The maximum absolute atomic E-state index is 13.7. The van der Waals surface area contributed by atoms with Crippen LogP contribution in [0.1, 0.15) is 80.1 Å². The largest absolute Gasteiger partial charge is 0.461 e. The lowest BCUT2D eigenvalue weighted by Gasteiger charge is -2.20. The summed E-state index contributed by atoms with van der Waals surface area (Å²) < 4.78 is 17.0. The maximum atomic E-state index is 13.7. The summed E-state index contributed by atoms with van der Waals surface area (Å²) in [4.78, 5) is 52.6. The fourth-order valence-corrected chi connectivity index (χ4v) is 5.59. The number of hydrogen-bond donors (Lipinski definition) is 2. The summed E-state index contributed by atoms with van der Waals surface area (Å²) in [6.07, 6.45) is 3.04. The van der Waals surface area contributed by atoms with Crippen LogP contribution in [0.3, 0.4) is 0 Å². The maximum Gasteiger partial charge on any atom is 0.343 e. The Balaban J connectivity index is 1.48. The lowest BCUT2D eigenvalue weighted by atomic mass is 9.89. The van der Waals surface area contributed by atoms with Gasteiger partial charge < -0.3 is 25.7 Å². The molecule has 1 amide bonds. The second-order valence-corrected chi connectivity index (χ2v) is 11.2. The van der Waals surface area contributed by atoms with Gasteiger partial charge in [0.25, 0.3) is 0 Å². The number of fused-ring (bicyclic) bond motifs is 2. The Morgan fingerprint density at radius 3 is 2.11 bits per heavy atom. The summed E-state index contributed by atoms with van der Waals surface area (Å²) in [6.45, 7) is 0.0191. The third-order valence-electron chi connectivity index (χ3n) is 8.00. The van der Waals surface area contributed by atoms with Gasteiger partial charge in [0.05, 0.1) is 17.9 Å². The first-order valence-electron chi connectivity index (χ1n) is 15.3. The first kappa shape index (κ1) is 32.0. The summed E-state index contributed by atoms with van der Waals surface area (Å²) in [5.74, 6) is -3.50. The minimum atomic E-state index is -1.16. The average molecular weight is 621 g/mol. The van der Waals surface area contributed by atoms with Crippen LogP contribution >= 0.6 is 0 Å². The van der Waals surface area contributed by atoms with Crippen molar-refractivity contribution in [3.63, 3.8) is 0 Å². The predicted molar refractivity (Wildman–Crippen MR) is 172 cm³/mol. The zero-order chi connectivity index (χ0) is 32.5. The monoisotopic (exact) mass is 620 g/mol. The number of nitrogens with two attached hydrogens (primary N) is 2. The van der Waals surface area contributed by atoms with Crippen molar-refractivity contribution in [2.45, 2.75) is 57.7 Å². The van der Waals surface area contributed by atoms with Crippen LogP contribution in [0.4, 0.5) is 5.69 Å². The third kappa shape index (κ3) is 7.98. The van der Waals surface area contributed by atoms with Crippen LogP contribution < -0.4 is 16.2 Å². The Hall–Kier alpha value is -5.44. The number of hydrogen-bond acceptors (Lipinski definition) is 8. The molecule has 0 saturated heterocycles. The zero-order valence-corrected chi connectivity index (χ0v) is 25.4. The molecule has 5 rings (SSSR count). The van der Waals surface area contributed by atoms with Crippen LogP contribution in [0.5, 0.6) is 5.75 Å². The number of esters is 3. The first-order chi connectivity index (χ1) is 22.3. The van der Waals surface area contributed by atoms with Crippen LogP contribution in [0, 0.1) is 0 Å². The number of carbonyl (C=O) groups is 4. The topological polar surface area (TPSA) is 148 Å². The Morgan fingerprint density at radius 2 is 1.43 bits per heavy atom. The fourth-order valence-electron chi connectivity index (χ4n) is 5.59. The number of nitrogen functional groups attached to an aromatic ring is 1. The van der Waals surface area contributed by atoms with Crippen molar-refractivity contribution in [3.8, 4) is 5.75 Å². The fraction of sp³-hybridized carbons (Fsp3) is 0.243. The quantitative estimate of drug-likeness (QED) is 0.135. The number of ether oxygens (including phenoxy) is 3. The van der Waals surface area contributed by atoms with Crippen molar-refractivity contribution in [2.75, 3.05) is 5.73 Å². The highest BCUT2D eigenvalue weighted by Crippen LogP contribution is 2.34. The second kappa shape index (κ2) is 15.0. The van der Waals surface area contributed by atoms with Gasteiger partial charge in [0.15, 0.2) is 0 Å². The van der Waals surface area contributed by atoms with Crippen LogP contribution in [-0.4, -0.2) is 23.8 Å². The van der Waals surface area contributed by atoms with Gasteiger partial charge in [-0.2, -0.15) is 0 Å². The minimum Gasteiger partial charge on any atom is -0.461 e. The molecule has 1 aliphatic rings. The number of aryl methyl sites for hydroxylation is 1. The van der Waals surface area contributed by atoms with Gasteiger partial charge in [0, 0.05) is 16.8 Å². The molecule has 0 radical (unpaired) electrons. The van der Waals surface area contributed by atoms with Gasteiger partial charge in [-0.3, -0.25) is 14.4 Å². The smallest absolute Gasteiger partial charge is 0.343 e. The van der Waals surface area contributed by atoms with E-state index in [1.807, 2.05) is 60.7 Å². The van der Waals surface area contributed by atoms with Gasteiger partial charge in [-0.15, -0.1) is 0 Å². The van der Waals surface area contributed by atoms with E-state index in [9.17, 15) is 19.2 Å². The van der Waals surface area contributed by atoms with Crippen LogP contribution in [-0.2, 0) is 45.1 Å². The van der Waals surface area contributed by atoms with Crippen molar-refractivity contribution in [1.29, 1.82) is 0 Å². The van der Waals surface area contributed by atoms with E-state index in [-0.39, 0.29) is 42.2 Å². The van der Waals surface area contributed by atoms with Gasteiger partial charge >= 0.3 is 17.9 Å². The van der Waals surface area contributed by atoms with Crippen molar-refractivity contribution >= 4 is 29.5 Å². The molecule has 0 saturated carbocycles. The summed E-state index contributed by atoms with van der Waals surface area (Å²) in [5.41, 5.74) is 16.0. The Morgan fingerprint density at radius 1 is 0.783 bits per heavy atom. The highest BCUT2D eigenvalue weighted by molar-refractivity contribution is 5.97. The molecular weight excluding hydrogens is 584 g/mol. The summed E-state index contributed by atoms with van der Waals surface area (Å²) in [5, 5.41) is 0. The molecule has 4 aromatic rings. The number of carbonyl (C=O) groups excluding carboxylic acids is 4. The summed E-state index contributed by atoms with van der Waals surface area (Å²) in [6, 6.07) is 26.4. The molecular formula is C37H36N2O7. The SMILES string of the molecule is NC(=O)c1cccc2c1CCCCCc1cc(N)c([C@H](CC(=O)OCc3ccccc3)C(=O)OCc3ccccc3)cc1C(=O)O2. The lowest BCUT2D eigenvalue weighted by Crippen LogP contribution is -2.23. The first-order valence-corrected chi connectivity index (χ1v) is 15.3. The average Bonchev–Trinajstić information content (AvgIpc) is 3.09. The Bertz CT molecular complexity index is 1720. The van der Waals surface area contributed by atoms with E-state index >= 15 is 0 Å². The van der Waals surface area contributed by atoms with Gasteiger partial charge in [0.2, 0.25) is 5.91 Å². The minimum absolute atomic E-state index is 0.0128. The van der Waals surface area contributed by atoms with Crippen LogP contribution in [0.25, 0.3) is 0 Å². The normalized spacial score (nSPS) is 13.6. The van der Waals surface area contributed by atoms with E-state index in [1.165, 1.54) is 6.07 Å². The second-order valence-electron chi connectivity index (χ2n) is 11.2. The number of primary amides is 1. The standard InChI is InChI=1S/C37H36N2O7/c38-32-19-26-15-8-3-9-16-27-28(35(39)41)17-10-18-33(27)46-37(43)29(26)20-30(32)31(36(42)45-23-25-13-6-2-7-14-25)21-34(40)44-22-24-11-4-1-5-12-24/h1-2,4-7,10-14,17-20,31H,3,8-9,15-16,21-23,38H2,(H2,39,41)/t31-/m0/s1. The Labute approximate surface area is 267 Å². The third-order valence-corrected chi connectivity index (χ3v) is 8.00. The molecule has 236 valence electrons. The van der Waals surface area contributed by atoms with Crippen molar-refractivity contribution in [2.24, 2.45) is 5.73 Å². The molecule has 1 heterocycles. The number of amides is 1. The highest BCUT2D eigenvalue weighted by atomic mass is 16.5. The molecule has 4 N–H and O–H groups in total. The molecule has 0 fully saturated rings.